The molecule has 0 saturated carbocycles. The van der Waals surface area contributed by atoms with Crippen molar-refractivity contribution in [3.63, 3.8) is 0 Å². The molecule has 1 aromatic carbocycles. The summed E-state index contributed by atoms with van der Waals surface area (Å²) in [6, 6.07) is 5.32. The van der Waals surface area contributed by atoms with Crippen LogP contribution in [0.5, 0.6) is 0 Å². The minimum Gasteiger partial charge on any atom is -0.481 e. The molecule has 100 valence electrons. The van der Waals surface area contributed by atoms with Crippen molar-refractivity contribution in [2.45, 2.75) is 19.4 Å². The van der Waals surface area contributed by atoms with Gasteiger partial charge in [-0.25, -0.2) is 0 Å². The lowest BCUT2D eigenvalue weighted by atomic mass is 10.2. The zero-order valence-corrected chi connectivity index (χ0v) is 12.3. The number of aliphatic carboxylic acids is 1. The van der Waals surface area contributed by atoms with Gasteiger partial charge in [-0.05, 0) is 36.8 Å². The van der Waals surface area contributed by atoms with Crippen molar-refractivity contribution < 1.29 is 9.90 Å². The van der Waals surface area contributed by atoms with Crippen LogP contribution in [0, 0.1) is 4.77 Å². The highest BCUT2D eigenvalue weighted by Crippen LogP contribution is 2.15. The SMILES string of the molecule is O=C(O)CCCn1c(=S)[nH]c2ccc(Br)cc2c1=O. The number of aromatic nitrogens is 2. The molecule has 2 aromatic rings. The van der Waals surface area contributed by atoms with Crippen LogP contribution in [0.1, 0.15) is 12.8 Å². The van der Waals surface area contributed by atoms with Crippen molar-refractivity contribution in [2.24, 2.45) is 0 Å². The zero-order valence-electron chi connectivity index (χ0n) is 9.85. The molecule has 0 amide bonds. The van der Waals surface area contributed by atoms with Crippen LogP contribution in [-0.2, 0) is 11.3 Å². The van der Waals surface area contributed by atoms with Gasteiger partial charge in [0, 0.05) is 17.4 Å². The molecule has 7 heteroatoms. The van der Waals surface area contributed by atoms with Crippen molar-refractivity contribution in [3.8, 4) is 0 Å². The molecule has 0 fully saturated rings. The summed E-state index contributed by atoms with van der Waals surface area (Å²) in [7, 11) is 0. The number of rotatable bonds is 4. The van der Waals surface area contributed by atoms with Crippen LogP contribution in [0.15, 0.2) is 27.5 Å². The van der Waals surface area contributed by atoms with E-state index in [9.17, 15) is 9.59 Å². The minimum absolute atomic E-state index is 0.0116. The molecule has 5 nitrogen and oxygen atoms in total. The third-order valence-electron chi connectivity index (χ3n) is 2.72. The van der Waals surface area contributed by atoms with E-state index in [1.54, 1.807) is 12.1 Å². The summed E-state index contributed by atoms with van der Waals surface area (Å²) in [5.41, 5.74) is 0.470. The quantitative estimate of drug-likeness (QED) is 0.837. The van der Waals surface area contributed by atoms with Crippen molar-refractivity contribution in [2.75, 3.05) is 0 Å². The monoisotopic (exact) mass is 342 g/mol. The summed E-state index contributed by atoms with van der Waals surface area (Å²) < 4.78 is 2.51. The number of fused-ring (bicyclic) bond motifs is 1. The van der Waals surface area contributed by atoms with Gasteiger partial charge in [-0.3, -0.25) is 14.2 Å². The van der Waals surface area contributed by atoms with Gasteiger partial charge in [0.2, 0.25) is 0 Å². The summed E-state index contributed by atoms with van der Waals surface area (Å²) in [6.45, 7) is 0.295. The maximum Gasteiger partial charge on any atom is 0.303 e. The fraction of sp³-hybridized carbons (Fsp3) is 0.250. The summed E-state index contributed by atoms with van der Waals surface area (Å²) in [5.74, 6) is -0.883. The van der Waals surface area contributed by atoms with E-state index in [1.807, 2.05) is 6.07 Å². The average Bonchev–Trinajstić information content (AvgIpc) is 2.34. The van der Waals surface area contributed by atoms with Crippen LogP contribution in [0.25, 0.3) is 10.9 Å². The number of H-pyrrole nitrogens is 1. The Morgan fingerprint density at radius 2 is 2.21 bits per heavy atom. The van der Waals surface area contributed by atoms with E-state index in [0.29, 0.717) is 28.6 Å². The van der Waals surface area contributed by atoms with Gasteiger partial charge in [-0.2, -0.15) is 0 Å². The first-order valence-electron chi connectivity index (χ1n) is 5.63. The Morgan fingerprint density at radius 1 is 1.47 bits per heavy atom. The minimum atomic E-state index is -0.883. The molecule has 0 saturated heterocycles. The van der Waals surface area contributed by atoms with Gasteiger partial charge < -0.3 is 10.1 Å². The van der Waals surface area contributed by atoms with Crippen LogP contribution < -0.4 is 5.56 Å². The largest absolute Gasteiger partial charge is 0.481 e. The second-order valence-electron chi connectivity index (χ2n) is 4.07. The first kappa shape index (κ1) is 14.0. The van der Waals surface area contributed by atoms with E-state index in [0.717, 1.165) is 4.47 Å². The number of carbonyl (C=O) groups is 1. The van der Waals surface area contributed by atoms with Crippen LogP contribution in [0.4, 0.5) is 0 Å². The molecule has 0 unspecified atom stereocenters. The maximum absolute atomic E-state index is 12.3. The number of aromatic amines is 1. The number of hydrogen-bond acceptors (Lipinski definition) is 3. The molecule has 0 spiro atoms. The van der Waals surface area contributed by atoms with Crippen molar-refractivity contribution in [1.29, 1.82) is 0 Å². The second kappa shape index (κ2) is 5.66. The number of halogens is 1. The lowest BCUT2D eigenvalue weighted by molar-refractivity contribution is -0.137. The molecule has 0 aliphatic rings. The molecule has 19 heavy (non-hydrogen) atoms. The van der Waals surface area contributed by atoms with Crippen molar-refractivity contribution in [3.05, 3.63) is 37.8 Å². The van der Waals surface area contributed by atoms with E-state index in [-0.39, 0.29) is 12.0 Å². The fourth-order valence-corrected chi connectivity index (χ4v) is 2.46. The van der Waals surface area contributed by atoms with Crippen LogP contribution in [0.3, 0.4) is 0 Å². The number of benzene rings is 1. The highest BCUT2D eigenvalue weighted by atomic mass is 79.9. The number of carboxylic acids is 1. The Labute approximate surface area is 122 Å². The summed E-state index contributed by atoms with van der Waals surface area (Å²) in [6.07, 6.45) is 0.379. The maximum atomic E-state index is 12.3. The molecule has 2 rings (SSSR count). The summed E-state index contributed by atoms with van der Waals surface area (Å²) in [5, 5.41) is 9.14. The van der Waals surface area contributed by atoms with Crippen LogP contribution >= 0.6 is 28.1 Å². The third kappa shape index (κ3) is 3.10. The number of carboxylic acid groups (broad SMARTS) is 1. The first-order valence-corrected chi connectivity index (χ1v) is 6.83. The molecule has 0 radical (unpaired) electrons. The highest BCUT2D eigenvalue weighted by molar-refractivity contribution is 9.10. The predicted octanol–water partition coefficient (Wildman–Crippen LogP) is 2.69. The van der Waals surface area contributed by atoms with Gasteiger partial charge >= 0.3 is 5.97 Å². The fourth-order valence-electron chi connectivity index (χ4n) is 1.81. The van der Waals surface area contributed by atoms with Crippen molar-refractivity contribution in [1.82, 2.24) is 9.55 Å². The van der Waals surface area contributed by atoms with Crippen LogP contribution in [0.2, 0.25) is 0 Å². The number of nitrogens with zero attached hydrogens (tertiary/aromatic N) is 1. The topological polar surface area (TPSA) is 75.1 Å². The molecule has 0 bridgehead atoms. The van der Waals surface area contributed by atoms with Crippen molar-refractivity contribution >= 4 is 45.0 Å². The van der Waals surface area contributed by atoms with Gasteiger partial charge in [-0.1, -0.05) is 15.9 Å². The average molecular weight is 343 g/mol. The van der Waals surface area contributed by atoms with Gasteiger partial charge in [0.25, 0.3) is 5.56 Å². The molecular formula is C12H11BrN2O3S. The Balaban J connectivity index is 2.46. The van der Waals surface area contributed by atoms with E-state index in [4.69, 9.17) is 17.3 Å². The van der Waals surface area contributed by atoms with Gasteiger partial charge in [-0.15, -0.1) is 0 Å². The van der Waals surface area contributed by atoms with Gasteiger partial charge in [0.1, 0.15) is 0 Å². The third-order valence-corrected chi connectivity index (χ3v) is 3.53. The zero-order chi connectivity index (χ0) is 14.0. The van der Waals surface area contributed by atoms with E-state index >= 15 is 0 Å². The molecule has 1 aromatic heterocycles. The van der Waals surface area contributed by atoms with Gasteiger partial charge in [0.15, 0.2) is 4.77 Å². The number of hydrogen-bond donors (Lipinski definition) is 2. The Bertz CT molecular complexity index is 751. The lowest BCUT2D eigenvalue weighted by Crippen LogP contribution is -2.22. The van der Waals surface area contributed by atoms with E-state index in [2.05, 4.69) is 20.9 Å². The van der Waals surface area contributed by atoms with E-state index in [1.165, 1.54) is 4.57 Å². The normalized spacial score (nSPS) is 10.8. The van der Waals surface area contributed by atoms with Gasteiger partial charge in [0.05, 0.1) is 10.9 Å². The number of nitrogens with one attached hydrogen (secondary N) is 1. The summed E-state index contributed by atoms with van der Waals surface area (Å²) in [4.78, 5) is 25.7. The summed E-state index contributed by atoms with van der Waals surface area (Å²) >= 11 is 8.44. The Kier molecular flexibility index (Phi) is 4.16. The second-order valence-corrected chi connectivity index (χ2v) is 5.38. The predicted molar refractivity (Wildman–Crippen MR) is 78.0 cm³/mol. The molecule has 0 aliphatic carbocycles. The molecule has 1 heterocycles. The Morgan fingerprint density at radius 3 is 2.89 bits per heavy atom. The molecule has 0 atom stereocenters. The van der Waals surface area contributed by atoms with Crippen LogP contribution in [-0.4, -0.2) is 20.6 Å². The smallest absolute Gasteiger partial charge is 0.303 e. The molecular weight excluding hydrogens is 332 g/mol. The first-order chi connectivity index (χ1) is 8.99. The standard InChI is InChI=1S/C12H11BrN2O3S/c13-7-3-4-9-8(6-7)11(18)15(12(19)14-9)5-1-2-10(16)17/h3-4,6H,1-2,5H2,(H,14,19)(H,16,17). The molecule has 0 aliphatic heterocycles. The lowest BCUT2D eigenvalue weighted by Gasteiger charge is -2.07. The van der Waals surface area contributed by atoms with E-state index < -0.39 is 5.97 Å². The Hall–Kier alpha value is -1.47. The molecule has 2 N–H and O–H groups in total. The highest BCUT2D eigenvalue weighted by Gasteiger charge is 2.06.